The topological polar surface area (TPSA) is 87.7 Å². The van der Waals surface area contributed by atoms with E-state index in [1.165, 1.54) is 0 Å². The number of hydrogen-bond acceptors (Lipinski definition) is 5. The van der Waals surface area contributed by atoms with Gasteiger partial charge in [-0.15, -0.1) is 0 Å². The van der Waals surface area contributed by atoms with Gasteiger partial charge in [0.05, 0.1) is 12.2 Å². The molecule has 0 saturated carbocycles. The van der Waals surface area contributed by atoms with Crippen molar-refractivity contribution in [2.75, 3.05) is 5.73 Å². The fraction of sp³-hybridized carbons (Fsp3) is 0.538. The first-order valence-electron chi connectivity index (χ1n) is 6.15. The van der Waals surface area contributed by atoms with Crippen LogP contribution in [-0.2, 0) is 11.3 Å². The van der Waals surface area contributed by atoms with Gasteiger partial charge < -0.3 is 26.0 Å². The van der Waals surface area contributed by atoms with Crippen LogP contribution in [0.1, 0.15) is 18.9 Å². The molecule has 4 unspecified atom stereocenters. The quantitative estimate of drug-likeness (QED) is 0.578. The Bertz CT molecular complexity index is 382. The molecule has 1 heterocycles. The molecular weight excluding hydrogens is 232 g/mol. The SMILES string of the molecule is CC1OC(O)CC(NCc2ccc(N)cc2)C1O. The van der Waals surface area contributed by atoms with E-state index in [2.05, 4.69) is 5.32 Å². The van der Waals surface area contributed by atoms with Gasteiger partial charge in [0.25, 0.3) is 0 Å². The Hall–Kier alpha value is -1.14. The first kappa shape index (κ1) is 13.3. The number of anilines is 1. The van der Waals surface area contributed by atoms with Gasteiger partial charge in [0, 0.05) is 24.7 Å². The number of nitrogens with one attached hydrogen (secondary N) is 1. The molecule has 5 N–H and O–H groups in total. The van der Waals surface area contributed by atoms with E-state index < -0.39 is 12.4 Å². The Morgan fingerprint density at radius 2 is 2.00 bits per heavy atom. The third-order valence-corrected chi connectivity index (χ3v) is 3.27. The number of aliphatic hydroxyl groups excluding tert-OH is 2. The number of aliphatic hydroxyl groups is 2. The fourth-order valence-electron chi connectivity index (χ4n) is 2.16. The van der Waals surface area contributed by atoms with Crippen LogP contribution in [0.4, 0.5) is 5.69 Å². The number of nitrogens with two attached hydrogens (primary N) is 1. The van der Waals surface area contributed by atoms with Gasteiger partial charge >= 0.3 is 0 Å². The summed E-state index contributed by atoms with van der Waals surface area (Å²) >= 11 is 0. The zero-order chi connectivity index (χ0) is 13.1. The lowest BCUT2D eigenvalue weighted by Crippen LogP contribution is -2.53. The van der Waals surface area contributed by atoms with Crippen LogP contribution in [0.15, 0.2) is 24.3 Å². The minimum Gasteiger partial charge on any atom is -0.399 e. The molecule has 18 heavy (non-hydrogen) atoms. The van der Waals surface area contributed by atoms with E-state index in [9.17, 15) is 10.2 Å². The van der Waals surface area contributed by atoms with E-state index in [0.717, 1.165) is 11.3 Å². The van der Waals surface area contributed by atoms with Crippen molar-refractivity contribution in [3.8, 4) is 0 Å². The lowest BCUT2D eigenvalue weighted by atomic mass is 9.99. The molecule has 1 fully saturated rings. The number of ether oxygens (including phenoxy) is 1. The van der Waals surface area contributed by atoms with Crippen LogP contribution >= 0.6 is 0 Å². The Morgan fingerprint density at radius 1 is 1.33 bits per heavy atom. The Labute approximate surface area is 107 Å². The molecule has 100 valence electrons. The number of hydrogen-bond donors (Lipinski definition) is 4. The second-order valence-electron chi connectivity index (χ2n) is 4.75. The van der Waals surface area contributed by atoms with Crippen LogP contribution in [0, 0.1) is 0 Å². The maximum absolute atomic E-state index is 9.96. The van der Waals surface area contributed by atoms with Crippen molar-refractivity contribution < 1.29 is 14.9 Å². The predicted molar refractivity (Wildman–Crippen MR) is 68.7 cm³/mol. The van der Waals surface area contributed by atoms with E-state index in [1.54, 1.807) is 6.92 Å². The highest BCUT2D eigenvalue weighted by molar-refractivity contribution is 5.39. The predicted octanol–water partition coefficient (Wildman–Crippen LogP) is 0.215. The molecule has 0 bridgehead atoms. The average molecular weight is 252 g/mol. The normalized spacial score (nSPS) is 32.4. The number of rotatable bonds is 3. The molecule has 0 aliphatic carbocycles. The van der Waals surface area contributed by atoms with E-state index in [1.807, 2.05) is 24.3 Å². The van der Waals surface area contributed by atoms with Gasteiger partial charge in [-0.2, -0.15) is 0 Å². The minimum absolute atomic E-state index is 0.165. The molecule has 1 aliphatic heterocycles. The number of benzene rings is 1. The first-order chi connectivity index (χ1) is 8.56. The maximum Gasteiger partial charge on any atom is 0.156 e. The van der Waals surface area contributed by atoms with Crippen molar-refractivity contribution >= 4 is 5.69 Å². The first-order valence-corrected chi connectivity index (χ1v) is 6.15. The lowest BCUT2D eigenvalue weighted by Gasteiger charge is -2.36. The van der Waals surface area contributed by atoms with Crippen LogP contribution in [0.2, 0.25) is 0 Å². The third-order valence-electron chi connectivity index (χ3n) is 3.27. The highest BCUT2D eigenvalue weighted by Gasteiger charge is 2.33. The Balaban J connectivity index is 1.90. The van der Waals surface area contributed by atoms with Gasteiger partial charge in [-0.3, -0.25) is 0 Å². The second-order valence-corrected chi connectivity index (χ2v) is 4.75. The molecule has 1 aromatic carbocycles. The second kappa shape index (κ2) is 5.67. The monoisotopic (exact) mass is 252 g/mol. The van der Waals surface area contributed by atoms with Crippen LogP contribution in [0.25, 0.3) is 0 Å². The molecule has 0 radical (unpaired) electrons. The summed E-state index contributed by atoms with van der Waals surface area (Å²) in [7, 11) is 0. The van der Waals surface area contributed by atoms with Gasteiger partial charge in [-0.25, -0.2) is 0 Å². The maximum atomic E-state index is 9.96. The molecule has 1 aliphatic rings. The summed E-state index contributed by atoms with van der Waals surface area (Å²) in [6.07, 6.45) is -1.40. The van der Waals surface area contributed by atoms with Gasteiger partial charge in [-0.1, -0.05) is 12.1 Å². The van der Waals surface area contributed by atoms with E-state index in [4.69, 9.17) is 10.5 Å². The van der Waals surface area contributed by atoms with Crippen LogP contribution in [0.5, 0.6) is 0 Å². The smallest absolute Gasteiger partial charge is 0.156 e. The van der Waals surface area contributed by atoms with E-state index >= 15 is 0 Å². The van der Waals surface area contributed by atoms with Crippen LogP contribution in [0.3, 0.4) is 0 Å². The van der Waals surface area contributed by atoms with Crippen LogP contribution < -0.4 is 11.1 Å². The molecule has 1 aromatic rings. The summed E-state index contributed by atoms with van der Waals surface area (Å²) in [4.78, 5) is 0. The molecule has 5 heteroatoms. The summed E-state index contributed by atoms with van der Waals surface area (Å²) < 4.78 is 5.15. The number of nitrogen functional groups attached to an aromatic ring is 1. The largest absolute Gasteiger partial charge is 0.399 e. The standard InChI is InChI=1S/C13H20N2O3/c1-8-13(17)11(6-12(16)18-8)15-7-9-2-4-10(14)5-3-9/h2-5,8,11-13,15-17H,6-7,14H2,1H3. The van der Waals surface area contributed by atoms with Gasteiger partial charge in [0.1, 0.15) is 0 Å². The molecule has 0 amide bonds. The fourth-order valence-corrected chi connectivity index (χ4v) is 2.16. The van der Waals surface area contributed by atoms with Crippen molar-refractivity contribution in [1.82, 2.24) is 5.32 Å². The Kier molecular flexibility index (Phi) is 4.19. The molecule has 0 aromatic heterocycles. The Morgan fingerprint density at radius 3 is 2.67 bits per heavy atom. The molecular formula is C13H20N2O3. The summed E-state index contributed by atoms with van der Waals surface area (Å²) in [6.45, 7) is 2.38. The lowest BCUT2D eigenvalue weighted by molar-refractivity contribution is -0.202. The van der Waals surface area contributed by atoms with Crippen LogP contribution in [-0.4, -0.2) is 34.8 Å². The highest BCUT2D eigenvalue weighted by Crippen LogP contribution is 2.19. The summed E-state index contributed by atoms with van der Waals surface area (Å²) in [6, 6.07) is 7.40. The van der Waals surface area contributed by atoms with Crippen molar-refractivity contribution in [1.29, 1.82) is 0 Å². The highest BCUT2D eigenvalue weighted by atomic mass is 16.6. The summed E-state index contributed by atoms with van der Waals surface area (Å²) in [5, 5.41) is 22.7. The van der Waals surface area contributed by atoms with Gasteiger partial charge in [0.15, 0.2) is 6.29 Å². The molecule has 2 rings (SSSR count). The minimum atomic E-state index is -0.813. The zero-order valence-corrected chi connectivity index (χ0v) is 10.4. The zero-order valence-electron chi connectivity index (χ0n) is 10.4. The molecule has 4 atom stereocenters. The van der Waals surface area contributed by atoms with Crippen molar-refractivity contribution in [2.45, 2.75) is 44.4 Å². The molecule has 1 saturated heterocycles. The van der Waals surface area contributed by atoms with Crippen molar-refractivity contribution in [3.05, 3.63) is 29.8 Å². The van der Waals surface area contributed by atoms with E-state index in [0.29, 0.717) is 13.0 Å². The third kappa shape index (κ3) is 3.20. The van der Waals surface area contributed by atoms with E-state index in [-0.39, 0.29) is 12.1 Å². The molecule has 0 spiro atoms. The average Bonchev–Trinajstić information content (AvgIpc) is 2.34. The van der Waals surface area contributed by atoms with Crippen molar-refractivity contribution in [2.24, 2.45) is 0 Å². The summed E-state index contributed by atoms with van der Waals surface area (Å²) in [5.74, 6) is 0. The van der Waals surface area contributed by atoms with Gasteiger partial charge in [-0.05, 0) is 24.6 Å². The van der Waals surface area contributed by atoms with Gasteiger partial charge in [0.2, 0.25) is 0 Å². The molecule has 5 nitrogen and oxygen atoms in total. The summed E-state index contributed by atoms with van der Waals surface area (Å²) in [5.41, 5.74) is 7.43. The van der Waals surface area contributed by atoms with Crippen molar-refractivity contribution in [3.63, 3.8) is 0 Å².